The van der Waals surface area contributed by atoms with Gasteiger partial charge in [0.2, 0.25) is 0 Å². The Bertz CT molecular complexity index is 1050. The van der Waals surface area contributed by atoms with Crippen molar-refractivity contribution in [3.63, 3.8) is 0 Å². The van der Waals surface area contributed by atoms with Crippen molar-refractivity contribution in [1.29, 1.82) is 0 Å². The van der Waals surface area contributed by atoms with Gasteiger partial charge < -0.3 is 10.5 Å². The highest BCUT2D eigenvalue weighted by atomic mass is 32.1. The van der Waals surface area contributed by atoms with E-state index in [0.717, 1.165) is 15.3 Å². The van der Waals surface area contributed by atoms with Crippen LogP contribution in [0, 0.1) is 0 Å². The third-order valence-electron chi connectivity index (χ3n) is 4.56. The van der Waals surface area contributed by atoms with E-state index in [2.05, 4.69) is 29.4 Å². The van der Waals surface area contributed by atoms with Crippen molar-refractivity contribution in [2.45, 2.75) is 26.3 Å². The van der Waals surface area contributed by atoms with E-state index in [-0.39, 0.29) is 18.8 Å². The normalized spacial score (nSPS) is 13.9. The molecule has 0 atom stereocenters. The summed E-state index contributed by atoms with van der Waals surface area (Å²) >= 11 is 1.64. The fourth-order valence-corrected chi connectivity index (χ4v) is 4.04. The van der Waals surface area contributed by atoms with Crippen molar-refractivity contribution in [3.05, 3.63) is 75.1 Å². The molecule has 140 valence electrons. The van der Waals surface area contributed by atoms with Crippen LogP contribution in [0.2, 0.25) is 0 Å². The molecular weight excluding hydrogens is 367 g/mol. The second-order valence-corrected chi connectivity index (χ2v) is 7.58. The highest BCUT2D eigenvalue weighted by Gasteiger charge is 2.13. The highest BCUT2D eigenvalue weighted by Crippen LogP contribution is 2.31. The molecule has 1 aromatic carbocycles. The van der Waals surface area contributed by atoms with Crippen LogP contribution in [0.25, 0.3) is 10.4 Å². The van der Waals surface area contributed by atoms with Crippen molar-refractivity contribution in [1.82, 2.24) is 14.3 Å². The third kappa shape index (κ3) is 3.64. The molecule has 1 aliphatic rings. The lowest BCUT2D eigenvalue weighted by atomic mass is 10.1. The zero-order valence-corrected chi connectivity index (χ0v) is 15.4. The summed E-state index contributed by atoms with van der Waals surface area (Å²) in [7, 11) is 0. The Hall–Kier alpha value is -2.55. The standard InChI is InChI=1S/C19H19FN4O2S/c20-6-13(7-21)8-24-19(25)23(12-22-24)9-17-3-4-18(27-17)14-1-2-15-10-26-11-16(15)5-14/h1-6,12H,7-11,21H2/b13-6+. The number of hydrogen-bond donors (Lipinski definition) is 1. The maximum atomic E-state index is 12.7. The van der Waals surface area contributed by atoms with E-state index in [1.807, 2.05) is 6.07 Å². The fraction of sp³-hybridized carbons (Fsp3) is 0.263. The average Bonchev–Trinajstić information content (AvgIpc) is 3.41. The van der Waals surface area contributed by atoms with Gasteiger partial charge in [-0.15, -0.1) is 11.3 Å². The predicted molar refractivity (Wildman–Crippen MR) is 102 cm³/mol. The van der Waals surface area contributed by atoms with Gasteiger partial charge in [-0.05, 0) is 40.5 Å². The smallest absolute Gasteiger partial charge is 0.346 e. The predicted octanol–water partition coefficient (Wildman–Crippen LogP) is 2.66. The van der Waals surface area contributed by atoms with Crippen LogP contribution in [-0.2, 0) is 31.0 Å². The van der Waals surface area contributed by atoms with Crippen LogP contribution in [0.15, 0.2) is 53.4 Å². The van der Waals surface area contributed by atoms with Crippen LogP contribution < -0.4 is 11.4 Å². The van der Waals surface area contributed by atoms with E-state index in [1.54, 1.807) is 11.3 Å². The van der Waals surface area contributed by atoms with Crippen LogP contribution in [0.3, 0.4) is 0 Å². The summed E-state index contributed by atoms with van der Waals surface area (Å²) in [6.45, 7) is 1.88. The van der Waals surface area contributed by atoms with Gasteiger partial charge in [0.05, 0.1) is 32.6 Å². The van der Waals surface area contributed by atoms with Gasteiger partial charge in [-0.25, -0.2) is 13.9 Å². The van der Waals surface area contributed by atoms with Crippen LogP contribution in [0.1, 0.15) is 16.0 Å². The average molecular weight is 386 g/mol. The van der Waals surface area contributed by atoms with Crippen molar-refractivity contribution in [3.8, 4) is 10.4 Å². The number of halogens is 1. The molecule has 1 aliphatic heterocycles. The van der Waals surface area contributed by atoms with Crippen molar-refractivity contribution in [2.75, 3.05) is 6.54 Å². The van der Waals surface area contributed by atoms with Gasteiger partial charge in [0.25, 0.3) is 0 Å². The summed E-state index contributed by atoms with van der Waals surface area (Å²) in [5, 5.41) is 4.05. The third-order valence-corrected chi connectivity index (χ3v) is 5.68. The number of rotatable bonds is 6. The number of fused-ring (bicyclic) bond motifs is 1. The second kappa shape index (κ2) is 7.59. The molecule has 0 radical (unpaired) electrons. The first-order valence-corrected chi connectivity index (χ1v) is 9.38. The molecule has 2 N–H and O–H groups in total. The summed E-state index contributed by atoms with van der Waals surface area (Å²) in [6, 6.07) is 10.5. The first-order chi connectivity index (χ1) is 13.2. The lowest BCUT2D eigenvalue weighted by Gasteiger charge is -2.02. The quantitative estimate of drug-likeness (QED) is 0.707. The van der Waals surface area contributed by atoms with Crippen LogP contribution in [-0.4, -0.2) is 20.9 Å². The maximum Gasteiger partial charge on any atom is 0.346 e. The van der Waals surface area contributed by atoms with Crippen molar-refractivity contribution >= 4 is 11.3 Å². The zero-order valence-electron chi connectivity index (χ0n) is 14.6. The molecule has 0 bridgehead atoms. The summed E-state index contributed by atoms with van der Waals surface area (Å²) in [6.07, 6.45) is 1.90. The molecule has 0 amide bonds. The molecule has 4 rings (SSSR count). The number of nitrogens with two attached hydrogens (primary N) is 1. The Balaban J connectivity index is 1.52. The number of hydrogen-bond acceptors (Lipinski definition) is 5. The Morgan fingerprint density at radius 2 is 2.15 bits per heavy atom. The first-order valence-electron chi connectivity index (χ1n) is 8.57. The molecule has 0 fully saturated rings. The van der Waals surface area contributed by atoms with Crippen LogP contribution >= 0.6 is 11.3 Å². The Kier molecular flexibility index (Phi) is 5.02. The molecule has 0 saturated carbocycles. The lowest BCUT2D eigenvalue weighted by Crippen LogP contribution is -2.26. The van der Waals surface area contributed by atoms with E-state index in [0.29, 0.717) is 31.7 Å². The summed E-state index contributed by atoms with van der Waals surface area (Å²) in [5.74, 6) is 0. The minimum Gasteiger partial charge on any atom is -0.372 e. The van der Waals surface area contributed by atoms with Crippen molar-refractivity contribution < 1.29 is 9.13 Å². The summed E-state index contributed by atoms with van der Waals surface area (Å²) in [5.41, 5.74) is 9.10. The Morgan fingerprint density at radius 3 is 2.96 bits per heavy atom. The van der Waals surface area contributed by atoms with Crippen LogP contribution in [0.5, 0.6) is 0 Å². The zero-order chi connectivity index (χ0) is 18.8. The molecule has 3 aromatic rings. The molecule has 0 spiro atoms. The SMILES string of the molecule is NC/C(=C\F)Cn1ncn(Cc2ccc(-c3ccc4c(c3)COC4)s2)c1=O. The topological polar surface area (TPSA) is 75.1 Å². The molecule has 3 heterocycles. The molecule has 0 saturated heterocycles. The molecule has 27 heavy (non-hydrogen) atoms. The van der Waals surface area contributed by atoms with Gasteiger partial charge in [0.1, 0.15) is 6.33 Å². The van der Waals surface area contributed by atoms with E-state index in [4.69, 9.17) is 10.5 Å². The lowest BCUT2D eigenvalue weighted by molar-refractivity contribution is 0.134. The summed E-state index contributed by atoms with van der Waals surface area (Å²) in [4.78, 5) is 14.6. The molecule has 6 nitrogen and oxygen atoms in total. The van der Waals surface area contributed by atoms with Gasteiger partial charge in [0.15, 0.2) is 0 Å². The van der Waals surface area contributed by atoms with Gasteiger partial charge in [-0.1, -0.05) is 12.1 Å². The molecular formula is C19H19FN4O2S. The maximum absolute atomic E-state index is 12.7. The molecule has 8 heteroatoms. The van der Waals surface area contributed by atoms with Gasteiger partial charge >= 0.3 is 5.69 Å². The summed E-state index contributed by atoms with van der Waals surface area (Å²) < 4.78 is 20.9. The van der Waals surface area contributed by atoms with E-state index in [9.17, 15) is 9.18 Å². The van der Waals surface area contributed by atoms with Crippen molar-refractivity contribution in [2.24, 2.45) is 5.73 Å². The second-order valence-electron chi connectivity index (χ2n) is 6.41. The Labute approximate surface area is 159 Å². The van der Waals surface area contributed by atoms with Gasteiger partial charge in [0, 0.05) is 16.3 Å². The van der Waals surface area contributed by atoms with E-state index >= 15 is 0 Å². The van der Waals surface area contributed by atoms with E-state index in [1.165, 1.54) is 26.7 Å². The first kappa shape index (κ1) is 17.8. The number of aromatic nitrogens is 3. The molecule has 2 aromatic heterocycles. The van der Waals surface area contributed by atoms with Crippen LogP contribution in [0.4, 0.5) is 4.39 Å². The highest BCUT2D eigenvalue weighted by molar-refractivity contribution is 7.15. The number of nitrogens with zero attached hydrogens (tertiary/aromatic N) is 3. The van der Waals surface area contributed by atoms with Gasteiger partial charge in [-0.3, -0.25) is 4.57 Å². The number of thiophene rings is 1. The molecule has 0 unspecified atom stereocenters. The number of ether oxygens (including phenoxy) is 1. The monoisotopic (exact) mass is 386 g/mol. The minimum absolute atomic E-state index is 0.0515. The minimum atomic E-state index is -0.285. The van der Waals surface area contributed by atoms with Gasteiger partial charge in [-0.2, -0.15) is 5.10 Å². The Morgan fingerprint density at radius 1 is 1.30 bits per heavy atom. The fourth-order valence-electron chi connectivity index (χ4n) is 3.04. The largest absolute Gasteiger partial charge is 0.372 e. The molecule has 0 aliphatic carbocycles. The van der Waals surface area contributed by atoms with E-state index < -0.39 is 0 Å². The number of benzene rings is 1.